The summed E-state index contributed by atoms with van der Waals surface area (Å²) < 4.78 is 5.67. The van der Waals surface area contributed by atoms with Gasteiger partial charge in [0.05, 0.1) is 11.3 Å². The first-order valence-corrected chi connectivity index (χ1v) is 9.46. The van der Waals surface area contributed by atoms with Gasteiger partial charge in [-0.1, -0.05) is 36.4 Å². The average molecular weight is 378 g/mol. The quantitative estimate of drug-likeness (QED) is 0.767. The standard InChI is InChI=1S/C22H22N2O4/c1-3-23-20(26)17-10-6-7-11-18(17)24-19(25)12-13-22(23,24)21(27)28-14-16-9-5-4-8-15(16)2/h4-11H,3,12-14H2,1-2H3/t22-/m0/s1. The zero-order chi connectivity index (χ0) is 19.9. The number of hydrogen-bond acceptors (Lipinski definition) is 4. The summed E-state index contributed by atoms with van der Waals surface area (Å²) in [6.07, 6.45) is 0.421. The van der Waals surface area contributed by atoms with Gasteiger partial charge in [-0.05, 0) is 37.1 Å². The molecular weight excluding hydrogens is 356 g/mol. The van der Waals surface area contributed by atoms with E-state index < -0.39 is 11.6 Å². The number of ether oxygens (including phenoxy) is 1. The first-order chi connectivity index (χ1) is 13.5. The summed E-state index contributed by atoms with van der Waals surface area (Å²) in [6, 6.07) is 14.6. The van der Waals surface area contributed by atoms with Crippen molar-refractivity contribution < 1.29 is 19.1 Å². The number of aryl methyl sites for hydroxylation is 1. The molecule has 4 rings (SSSR count). The van der Waals surface area contributed by atoms with Gasteiger partial charge in [0.1, 0.15) is 6.61 Å². The van der Waals surface area contributed by atoms with Gasteiger partial charge in [-0.25, -0.2) is 4.79 Å². The van der Waals surface area contributed by atoms with Gasteiger partial charge in [-0.15, -0.1) is 0 Å². The third-order valence-electron chi connectivity index (χ3n) is 5.64. The fourth-order valence-electron chi connectivity index (χ4n) is 4.20. The van der Waals surface area contributed by atoms with Crippen molar-refractivity contribution in [3.8, 4) is 0 Å². The predicted octanol–water partition coefficient (Wildman–Crippen LogP) is 3.04. The monoisotopic (exact) mass is 378 g/mol. The molecule has 0 aromatic heterocycles. The maximum Gasteiger partial charge on any atom is 0.354 e. The maximum absolute atomic E-state index is 13.3. The molecule has 2 aromatic carbocycles. The molecule has 2 heterocycles. The van der Waals surface area contributed by atoms with Crippen molar-refractivity contribution in [3.63, 3.8) is 0 Å². The maximum atomic E-state index is 13.3. The summed E-state index contributed by atoms with van der Waals surface area (Å²) in [5, 5.41) is 0. The molecule has 0 unspecified atom stereocenters. The summed E-state index contributed by atoms with van der Waals surface area (Å²) >= 11 is 0. The number of carbonyl (C=O) groups is 3. The van der Waals surface area contributed by atoms with Crippen molar-refractivity contribution in [1.82, 2.24) is 4.90 Å². The zero-order valence-corrected chi connectivity index (χ0v) is 16.0. The molecule has 6 nitrogen and oxygen atoms in total. The van der Waals surface area contributed by atoms with Crippen LogP contribution in [0.15, 0.2) is 48.5 Å². The fourth-order valence-corrected chi connectivity index (χ4v) is 4.20. The molecule has 1 fully saturated rings. The first-order valence-electron chi connectivity index (χ1n) is 9.46. The molecule has 0 saturated carbocycles. The molecule has 6 heteroatoms. The number of esters is 1. The first kappa shape index (κ1) is 18.2. The lowest BCUT2D eigenvalue weighted by atomic mass is 9.96. The number of hydrogen-bond donors (Lipinski definition) is 0. The van der Waals surface area contributed by atoms with Gasteiger partial charge in [0.15, 0.2) is 0 Å². The molecule has 28 heavy (non-hydrogen) atoms. The molecule has 0 bridgehead atoms. The number of rotatable bonds is 4. The summed E-state index contributed by atoms with van der Waals surface area (Å²) in [7, 11) is 0. The van der Waals surface area contributed by atoms with Gasteiger partial charge in [0.25, 0.3) is 5.91 Å². The molecule has 2 amide bonds. The molecule has 2 aliphatic heterocycles. The zero-order valence-electron chi connectivity index (χ0n) is 16.0. The molecule has 2 aromatic rings. The molecular formula is C22H22N2O4. The number of anilines is 1. The Morgan fingerprint density at radius 1 is 1.11 bits per heavy atom. The van der Waals surface area contributed by atoms with Crippen LogP contribution >= 0.6 is 0 Å². The van der Waals surface area contributed by atoms with E-state index in [-0.39, 0.29) is 31.3 Å². The van der Waals surface area contributed by atoms with E-state index in [0.29, 0.717) is 17.8 Å². The number of likely N-dealkylation sites (N-methyl/N-ethyl adjacent to an activating group) is 1. The van der Waals surface area contributed by atoms with E-state index in [9.17, 15) is 14.4 Å². The lowest BCUT2D eigenvalue weighted by Gasteiger charge is -2.48. The average Bonchev–Trinajstić information content (AvgIpc) is 3.06. The third kappa shape index (κ3) is 2.52. The Hall–Kier alpha value is -3.15. The van der Waals surface area contributed by atoms with E-state index in [4.69, 9.17) is 4.74 Å². The Balaban J connectivity index is 1.74. The van der Waals surface area contributed by atoms with Crippen LogP contribution in [0.5, 0.6) is 0 Å². The smallest absolute Gasteiger partial charge is 0.354 e. The number of carbonyl (C=O) groups excluding carboxylic acids is 3. The minimum absolute atomic E-state index is 0.0999. The van der Waals surface area contributed by atoms with Gasteiger partial charge in [0.2, 0.25) is 11.6 Å². The largest absolute Gasteiger partial charge is 0.458 e. The van der Waals surface area contributed by atoms with Gasteiger partial charge in [0, 0.05) is 19.4 Å². The molecule has 0 N–H and O–H groups in total. The summed E-state index contributed by atoms with van der Waals surface area (Å²) in [4.78, 5) is 42.2. The Labute approximate surface area is 163 Å². The van der Waals surface area contributed by atoms with Gasteiger partial charge in [-0.3, -0.25) is 14.5 Å². The van der Waals surface area contributed by atoms with E-state index in [2.05, 4.69) is 0 Å². The Morgan fingerprint density at radius 3 is 2.57 bits per heavy atom. The summed E-state index contributed by atoms with van der Waals surface area (Å²) in [6.45, 7) is 4.16. The van der Waals surface area contributed by atoms with Crippen LogP contribution < -0.4 is 4.90 Å². The van der Waals surface area contributed by atoms with Crippen LogP contribution in [-0.4, -0.2) is 34.9 Å². The second-order valence-corrected chi connectivity index (χ2v) is 7.11. The third-order valence-corrected chi connectivity index (χ3v) is 5.64. The van der Waals surface area contributed by atoms with Crippen LogP contribution in [0.2, 0.25) is 0 Å². The highest BCUT2D eigenvalue weighted by atomic mass is 16.5. The van der Waals surface area contributed by atoms with Crippen molar-refractivity contribution in [2.45, 2.75) is 39.0 Å². The number of para-hydroxylation sites is 1. The summed E-state index contributed by atoms with van der Waals surface area (Å²) in [5.41, 5.74) is 1.41. The predicted molar refractivity (Wildman–Crippen MR) is 104 cm³/mol. The lowest BCUT2D eigenvalue weighted by Crippen LogP contribution is -2.68. The lowest BCUT2D eigenvalue weighted by molar-refractivity contribution is -0.158. The highest BCUT2D eigenvalue weighted by molar-refractivity contribution is 6.15. The van der Waals surface area contributed by atoms with Gasteiger partial charge >= 0.3 is 5.97 Å². The second kappa shape index (κ2) is 6.78. The molecule has 0 aliphatic carbocycles. The van der Waals surface area contributed by atoms with E-state index in [1.165, 1.54) is 9.80 Å². The number of amides is 2. The van der Waals surface area contributed by atoms with Crippen LogP contribution in [0.25, 0.3) is 0 Å². The minimum atomic E-state index is -1.42. The Kier molecular flexibility index (Phi) is 4.41. The fraction of sp³-hybridized carbons (Fsp3) is 0.318. The van der Waals surface area contributed by atoms with Crippen LogP contribution in [0.3, 0.4) is 0 Å². The topological polar surface area (TPSA) is 66.9 Å². The van der Waals surface area contributed by atoms with E-state index in [0.717, 1.165) is 11.1 Å². The Bertz CT molecular complexity index is 971. The van der Waals surface area contributed by atoms with Crippen molar-refractivity contribution >= 4 is 23.5 Å². The van der Waals surface area contributed by atoms with Gasteiger partial charge < -0.3 is 9.64 Å². The van der Waals surface area contributed by atoms with Crippen molar-refractivity contribution in [2.75, 3.05) is 11.4 Å². The second-order valence-electron chi connectivity index (χ2n) is 7.11. The van der Waals surface area contributed by atoms with E-state index >= 15 is 0 Å². The number of fused-ring (bicyclic) bond motifs is 3. The highest BCUT2D eigenvalue weighted by Crippen LogP contribution is 2.45. The van der Waals surface area contributed by atoms with Crippen molar-refractivity contribution in [2.24, 2.45) is 0 Å². The van der Waals surface area contributed by atoms with Crippen LogP contribution in [-0.2, 0) is 20.9 Å². The molecule has 1 saturated heterocycles. The number of nitrogens with zero attached hydrogens (tertiary/aromatic N) is 2. The number of benzene rings is 2. The van der Waals surface area contributed by atoms with Gasteiger partial charge in [-0.2, -0.15) is 0 Å². The molecule has 2 aliphatic rings. The molecule has 1 atom stereocenters. The Morgan fingerprint density at radius 2 is 1.82 bits per heavy atom. The molecule has 0 spiro atoms. The minimum Gasteiger partial charge on any atom is -0.458 e. The van der Waals surface area contributed by atoms with E-state index in [1.54, 1.807) is 24.3 Å². The molecule has 0 radical (unpaired) electrons. The summed E-state index contributed by atoms with van der Waals surface area (Å²) in [5.74, 6) is -0.991. The van der Waals surface area contributed by atoms with Crippen molar-refractivity contribution in [3.05, 3.63) is 65.2 Å². The van der Waals surface area contributed by atoms with Crippen molar-refractivity contribution in [1.29, 1.82) is 0 Å². The van der Waals surface area contributed by atoms with E-state index in [1.807, 2.05) is 38.1 Å². The van der Waals surface area contributed by atoms with Crippen LogP contribution in [0.4, 0.5) is 5.69 Å². The normalized spacial score (nSPS) is 20.8. The molecule has 144 valence electrons. The van der Waals surface area contributed by atoms with Crippen LogP contribution in [0, 0.1) is 6.92 Å². The van der Waals surface area contributed by atoms with Crippen LogP contribution in [0.1, 0.15) is 41.3 Å². The highest BCUT2D eigenvalue weighted by Gasteiger charge is 2.61. The SMILES string of the molecule is CCN1C(=O)c2ccccc2N2C(=O)CC[C@]12C(=O)OCc1ccccc1C.